The van der Waals surface area contributed by atoms with Gasteiger partial charge in [0.25, 0.3) is 5.91 Å². The number of aliphatic hydroxyl groups excluding tert-OH is 1. The minimum absolute atomic E-state index is 0.0107. The second-order valence-corrected chi connectivity index (χ2v) is 7.67. The second-order valence-electron chi connectivity index (χ2n) is 7.67. The van der Waals surface area contributed by atoms with E-state index in [1.807, 2.05) is 78.9 Å². The third-order valence-corrected chi connectivity index (χ3v) is 5.29. The predicted molar refractivity (Wildman–Crippen MR) is 126 cm³/mol. The van der Waals surface area contributed by atoms with Crippen molar-refractivity contribution in [2.75, 3.05) is 26.7 Å². The van der Waals surface area contributed by atoms with E-state index in [0.29, 0.717) is 18.7 Å². The van der Waals surface area contributed by atoms with Crippen molar-refractivity contribution in [3.8, 4) is 11.1 Å². The Balaban J connectivity index is 1.74. The molecule has 0 aliphatic rings. The molecule has 0 bridgehead atoms. The fraction of sp³-hybridized carbons (Fsp3) is 0.231. The quantitative estimate of drug-likeness (QED) is 0.545. The summed E-state index contributed by atoms with van der Waals surface area (Å²) in [5.41, 5.74) is 10.0. The summed E-state index contributed by atoms with van der Waals surface area (Å²) in [7, 11) is 1.73. The number of hydrogen-bond donors (Lipinski definition) is 2. The van der Waals surface area contributed by atoms with Gasteiger partial charge in [-0.1, -0.05) is 60.7 Å². The lowest BCUT2D eigenvalue weighted by Gasteiger charge is -2.22. The molecule has 0 atom stereocenters. The van der Waals surface area contributed by atoms with Gasteiger partial charge in [-0.15, -0.1) is 0 Å². The highest BCUT2D eigenvalue weighted by atomic mass is 16.3. The van der Waals surface area contributed by atoms with E-state index in [-0.39, 0.29) is 31.5 Å². The van der Waals surface area contributed by atoms with Crippen LogP contribution in [-0.4, -0.2) is 53.5 Å². The summed E-state index contributed by atoms with van der Waals surface area (Å²) in [6, 6.07) is 25.1. The maximum atomic E-state index is 13.0. The van der Waals surface area contributed by atoms with Crippen molar-refractivity contribution in [1.82, 2.24) is 9.80 Å². The van der Waals surface area contributed by atoms with Crippen molar-refractivity contribution in [2.24, 2.45) is 5.73 Å². The number of benzene rings is 3. The molecule has 166 valence electrons. The van der Waals surface area contributed by atoms with Crippen molar-refractivity contribution in [2.45, 2.75) is 13.1 Å². The van der Waals surface area contributed by atoms with Gasteiger partial charge in [-0.05, 0) is 40.5 Å². The lowest BCUT2D eigenvalue weighted by molar-refractivity contribution is -0.128. The van der Waals surface area contributed by atoms with E-state index in [4.69, 9.17) is 5.73 Å². The fourth-order valence-electron chi connectivity index (χ4n) is 3.53. The first-order valence-electron chi connectivity index (χ1n) is 10.6. The SMILES string of the molecule is CN(Cc1cccc(-c2ccc(C(=O)N(CCO)Cc3ccccc3)cc2)c1)C(=O)CN. The molecular formula is C26H29N3O3. The van der Waals surface area contributed by atoms with Crippen LogP contribution < -0.4 is 5.73 Å². The molecule has 0 spiro atoms. The number of aliphatic hydroxyl groups is 1. The van der Waals surface area contributed by atoms with Gasteiger partial charge in [0.15, 0.2) is 0 Å². The van der Waals surface area contributed by atoms with Crippen molar-refractivity contribution >= 4 is 11.8 Å². The van der Waals surface area contributed by atoms with E-state index < -0.39 is 0 Å². The summed E-state index contributed by atoms with van der Waals surface area (Å²) in [6.07, 6.45) is 0. The molecule has 0 saturated carbocycles. The van der Waals surface area contributed by atoms with Crippen molar-refractivity contribution in [3.05, 3.63) is 95.6 Å². The number of carbonyl (C=O) groups excluding carboxylic acids is 2. The number of nitrogens with zero attached hydrogens (tertiary/aromatic N) is 2. The molecule has 0 unspecified atom stereocenters. The average molecular weight is 432 g/mol. The van der Waals surface area contributed by atoms with Gasteiger partial charge in [0, 0.05) is 32.2 Å². The first kappa shape index (κ1) is 23.2. The van der Waals surface area contributed by atoms with Gasteiger partial charge in [0.1, 0.15) is 0 Å². The highest BCUT2D eigenvalue weighted by molar-refractivity contribution is 5.94. The smallest absolute Gasteiger partial charge is 0.254 e. The zero-order valence-corrected chi connectivity index (χ0v) is 18.3. The lowest BCUT2D eigenvalue weighted by Crippen LogP contribution is -2.33. The van der Waals surface area contributed by atoms with Crippen LogP contribution in [0.4, 0.5) is 0 Å². The Morgan fingerprint density at radius 2 is 1.53 bits per heavy atom. The Hall–Kier alpha value is -3.48. The van der Waals surface area contributed by atoms with Gasteiger partial charge in [0.2, 0.25) is 5.91 Å². The molecule has 3 aromatic carbocycles. The van der Waals surface area contributed by atoms with Crippen LogP contribution in [0.3, 0.4) is 0 Å². The molecule has 0 aliphatic carbocycles. The van der Waals surface area contributed by atoms with E-state index in [1.165, 1.54) is 0 Å². The maximum absolute atomic E-state index is 13.0. The van der Waals surface area contributed by atoms with Crippen molar-refractivity contribution in [1.29, 1.82) is 0 Å². The molecule has 0 aromatic heterocycles. The van der Waals surface area contributed by atoms with Gasteiger partial charge in [-0.25, -0.2) is 0 Å². The van der Waals surface area contributed by atoms with Crippen LogP contribution in [0.2, 0.25) is 0 Å². The Labute approximate surface area is 188 Å². The van der Waals surface area contributed by atoms with Gasteiger partial charge >= 0.3 is 0 Å². The molecule has 0 aliphatic heterocycles. The number of carbonyl (C=O) groups is 2. The zero-order chi connectivity index (χ0) is 22.9. The molecule has 6 heteroatoms. The van der Waals surface area contributed by atoms with Gasteiger partial charge in [0.05, 0.1) is 13.2 Å². The molecule has 3 rings (SSSR count). The Bertz CT molecular complexity index is 1040. The number of likely N-dealkylation sites (N-methyl/N-ethyl adjacent to an activating group) is 1. The number of nitrogens with two attached hydrogens (primary N) is 1. The monoisotopic (exact) mass is 431 g/mol. The highest BCUT2D eigenvalue weighted by Crippen LogP contribution is 2.22. The summed E-state index contributed by atoms with van der Waals surface area (Å²) in [5.74, 6) is -0.230. The van der Waals surface area contributed by atoms with Crippen LogP contribution in [0.15, 0.2) is 78.9 Å². The van der Waals surface area contributed by atoms with Crippen LogP contribution in [0.25, 0.3) is 11.1 Å². The summed E-state index contributed by atoms with van der Waals surface area (Å²) in [4.78, 5) is 28.0. The van der Waals surface area contributed by atoms with E-state index in [1.54, 1.807) is 16.8 Å². The minimum Gasteiger partial charge on any atom is -0.395 e. The molecule has 3 aromatic rings. The molecular weight excluding hydrogens is 402 g/mol. The van der Waals surface area contributed by atoms with Crippen molar-refractivity contribution < 1.29 is 14.7 Å². The summed E-state index contributed by atoms with van der Waals surface area (Å²) >= 11 is 0. The van der Waals surface area contributed by atoms with Crippen LogP contribution in [0.1, 0.15) is 21.5 Å². The topological polar surface area (TPSA) is 86.9 Å². The number of amides is 2. The summed E-state index contributed by atoms with van der Waals surface area (Å²) in [5, 5.41) is 9.42. The third kappa shape index (κ3) is 6.03. The van der Waals surface area contributed by atoms with E-state index in [2.05, 4.69) is 0 Å². The molecule has 0 saturated heterocycles. The van der Waals surface area contributed by atoms with E-state index in [9.17, 15) is 14.7 Å². The number of rotatable bonds is 9. The molecule has 2 amide bonds. The van der Waals surface area contributed by atoms with Crippen LogP contribution >= 0.6 is 0 Å². The normalized spacial score (nSPS) is 10.6. The standard InChI is InChI=1S/C26H29N3O3/c1-28(25(31)17-27)18-21-8-5-9-24(16-21)22-10-12-23(13-11-22)26(32)29(14-15-30)19-20-6-3-2-4-7-20/h2-13,16,30H,14-15,17-19,27H2,1H3. The van der Waals surface area contributed by atoms with Crippen molar-refractivity contribution in [3.63, 3.8) is 0 Å². The Morgan fingerprint density at radius 1 is 0.844 bits per heavy atom. The first-order valence-corrected chi connectivity index (χ1v) is 10.6. The molecule has 32 heavy (non-hydrogen) atoms. The second kappa shape index (κ2) is 11.2. The van der Waals surface area contributed by atoms with Gasteiger partial charge < -0.3 is 20.6 Å². The molecule has 0 heterocycles. The van der Waals surface area contributed by atoms with Gasteiger partial charge in [-0.3, -0.25) is 9.59 Å². The van der Waals surface area contributed by atoms with Crippen LogP contribution in [-0.2, 0) is 17.9 Å². The fourth-order valence-corrected chi connectivity index (χ4v) is 3.53. The van der Waals surface area contributed by atoms with E-state index >= 15 is 0 Å². The lowest BCUT2D eigenvalue weighted by atomic mass is 10.0. The maximum Gasteiger partial charge on any atom is 0.254 e. The molecule has 3 N–H and O–H groups in total. The van der Waals surface area contributed by atoms with Gasteiger partial charge in [-0.2, -0.15) is 0 Å². The van der Waals surface area contributed by atoms with E-state index in [0.717, 1.165) is 22.3 Å². The highest BCUT2D eigenvalue weighted by Gasteiger charge is 2.16. The minimum atomic E-state index is -0.120. The summed E-state index contributed by atoms with van der Waals surface area (Å²) < 4.78 is 0. The summed E-state index contributed by atoms with van der Waals surface area (Å²) in [6.45, 7) is 1.09. The third-order valence-electron chi connectivity index (χ3n) is 5.29. The predicted octanol–water partition coefficient (Wildman–Crippen LogP) is 2.91. The Morgan fingerprint density at radius 3 is 2.19 bits per heavy atom. The zero-order valence-electron chi connectivity index (χ0n) is 18.3. The van der Waals surface area contributed by atoms with Crippen LogP contribution in [0.5, 0.6) is 0 Å². The number of hydrogen-bond acceptors (Lipinski definition) is 4. The largest absolute Gasteiger partial charge is 0.395 e. The molecule has 0 radical (unpaired) electrons. The average Bonchev–Trinajstić information content (AvgIpc) is 2.83. The first-order chi connectivity index (χ1) is 15.5. The molecule has 6 nitrogen and oxygen atoms in total. The molecule has 0 fully saturated rings. The Kier molecular flexibility index (Phi) is 8.14. The van der Waals surface area contributed by atoms with Crippen LogP contribution in [0, 0.1) is 0 Å².